The van der Waals surface area contributed by atoms with Crippen LogP contribution in [-0.4, -0.2) is 54.4 Å². The monoisotopic (exact) mass is 297 g/mol. The third-order valence-electron chi connectivity index (χ3n) is 2.53. The Kier molecular flexibility index (Phi) is 6.69. The number of ether oxygens (including phenoxy) is 1. The van der Waals surface area contributed by atoms with Gasteiger partial charge in [0.1, 0.15) is 0 Å². The summed E-state index contributed by atoms with van der Waals surface area (Å²) in [6, 6.07) is 0. The van der Waals surface area contributed by atoms with Gasteiger partial charge in [0.2, 0.25) is 0 Å². The van der Waals surface area contributed by atoms with Gasteiger partial charge >= 0.3 is 5.97 Å². The zero-order valence-electron chi connectivity index (χ0n) is 10.9. The maximum atomic E-state index is 11.7. The summed E-state index contributed by atoms with van der Waals surface area (Å²) in [6.07, 6.45) is 2.22. The number of thioether (sulfide) groups is 1. The second-order valence-corrected chi connectivity index (χ2v) is 7.90. The molecule has 1 atom stereocenters. The molecule has 18 heavy (non-hydrogen) atoms. The van der Waals surface area contributed by atoms with Crippen molar-refractivity contribution in [3.05, 3.63) is 0 Å². The number of carbonyl (C=O) groups excluding carboxylic acids is 1. The van der Waals surface area contributed by atoms with E-state index in [1.54, 1.807) is 6.92 Å². The number of esters is 1. The number of hydrogen-bond donors (Lipinski definition) is 1. The first kappa shape index (κ1) is 17.2. The van der Waals surface area contributed by atoms with E-state index in [4.69, 9.17) is 9.94 Å². The molecular formula is C10H19NO5S2. The predicted octanol–water partition coefficient (Wildman–Crippen LogP) is 0.935. The average Bonchev–Trinajstić information content (AvgIpc) is 2.22. The van der Waals surface area contributed by atoms with E-state index in [0.717, 1.165) is 24.2 Å². The molecule has 8 heteroatoms. The predicted molar refractivity (Wildman–Crippen MR) is 72.1 cm³/mol. The highest BCUT2D eigenvalue weighted by Gasteiger charge is 2.39. The molecule has 6 nitrogen and oxygen atoms in total. The molecular weight excluding hydrogens is 278 g/mol. The lowest BCUT2D eigenvalue weighted by Gasteiger charge is -2.28. The lowest BCUT2D eigenvalue weighted by Crippen LogP contribution is -2.43. The van der Waals surface area contributed by atoms with Gasteiger partial charge in [0.25, 0.3) is 0 Å². The zero-order chi connectivity index (χ0) is 14.4. The second kappa shape index (κ2) is 6.98. The van der Waals surface area contributed by atoms with Crippen LogP contribution in [0.3, 0.4) is 0 Å². The lowest BCUT2D eigenvalue weighted by atomic mass is 10.1. The van der Waals surface area contributed by atoms with Crippen LogP contribution in [0.25, 0.3) is 0 Å². The Morgan fingerprint density at radius 2 is 2.11 bits per heavy atom. The summed E-state index contributed by atoms with van der Waals surface area (Å²) in [5, 5.41) is 10.8. The smallest absolute Gasteiger partial charge is 0.315 e. The van der Waals surface area contributed by atoms with Crippen molar-refractivity contribution in [2.24, 2.45) is 5.16 Å². The number of hydrogen-bond acceptors (Lipinski definition) is 7. The minimum absolute atomic E-state index is 0.00345. The van der Waals surface area contributed by atoms with Crippen LogP contribution in [0.4, 0.5) is 0 Å². The fraction of sp³-hybridized carbons (Fsp3) is 0.800. The van der Waals surface area contributed by atoms with Gasteiger partial charge in [-0.25, -0.2) is 8.42 Å². The Morgan fingerprint density at radius 3 is 2.50 bits per heavy atom. The molecule has 0 aliphatic carbocycles. The summed E-state index contributed by atoms with van der Waals surface area (Å²) >= 11 is 1.06. The van der Waals surface area contributed by atoms with Gasteiger partial charge in [-0.2, -0.15) is 0 Å². The van der Waals surface area contributed by atoms with Crippen LogP contribution in [0.1, 0.15) is 20.8 Å². The first-order valence-electron chi connectivity index (χ1n) is 5.31. The number of nitrogens with zero attached hydrogens (tertiary/aromatic N) is 1. The SMILES string of the molecule is CCOC(=O)CSC(C=NO)C(C)(C)S(C)(=O)=O. The summed E-state index contributed by atoms with van der Waals surface area (Å²) in [6.45, 7) is 5.00. The fourth-order valence-corrected chi connectivity index (χ4v) is 3.21. The molecule has 1 unspecified atom stereocenters. The third-order valence-corrected chi connectivity index (χ3v) is 6.32. The van der Waals surface area contributed by atoms with Gasteiger partial charge in [-0.1, -0.05) is 0 Å². The molecule has 0 saturated heterocycles. The summed E-state index contributed by atoms with van der Waals surface area (Å²) in [7, 11) is -3.36. The highest BCUT2D eigenvalue weighted by molar-refractivity contribution is 8.02. The molecule has 0 bridgehead atoms. The molecule has 0 rings (SSSR count). The standard InChI is InChI=1S/C10H19NO5S2/c1-5-16-9(12)7-17-8(6-11-13)10(2,3)18(4,14)15/h6,8,13H,5,7H2,1-4H3. The molecule has 0 aromatic heterocycles. The van der Waals surface area contributed by atoms with Crippen molar-refractivity contribution in [3.63, 3.8) is 0 Å². The Labute approximate surface area is 112 Å². The first-order valence-corrected chi connectivity index (χ1v) is 8.25. The van der Waals surface area contributed by atoms with Crippen LogP contribution >= 0.6 is 11.8 Å². The van der Waals surface area contributed by atoms with Crippen molar-refractivity contribution in [2.45, 2.75) is 30.8 Å². The van der Waals surface area contributed by atoms with Crippen LogP contribution in [-0.2, 0) is 19.4 Å². The molecule has 0 aliphatic heterocycles. The normalized spacial score (nSPS) is 14.7. The Morgan fingerprint density at radius 1 is 1.56 bits per heavy atom. The van der Waals surface area contributed by atoms with Crippen molar-refractivity contribution >= 4 is 33.8 Å². The number of carbonyl (C=O) groups is 1. The van der Waals surface area contributed by atoms with Crippen molar-refractivity contribution in [1.29, 1.82) is 0 Å². The Balaban J connectivity index is 4.84. The molecule has 0 aliphatic rings. The van der Waals surface area contributed by atoms with E-state index in [1.165, 1.54) is 13.8 Å². The van der Waals surface area contributed by atoms with Crippen LogP contribution in [0.5, 0.6) is 0 Å². The Bertz CT molecular complexity index is 402. The topological polar surface area (TPSA) is 93.0 Å². The van der Waals surface area contributed by atoms with Gasteiger partial charge in [0.05, 0.1) is 28.6 Å². The van der Waals surface area contributed by atoms with Gasteiger partial charge in [0, 0.05) is 6.26 Å². The summed E-state index contributed by atoms with van der Waals surface area (Å²) in [4.78, 5) is 11.2. The molecule has 0 radical (unpaired) electrons. The number of rotatable bonds is 7. The third kappa shape index (κ3) is 4.85. The van der Waals surface area contributed by atoms with E-state index in [2.05, 4.69) is 5.16 Å². The minimum atomic E-state index is -3.36. The second-order valence-electron chi connectivity index (χ2n) is 4.18. The van der Waals surface area contributed by atoms with E-state index in [0.29, 0.717) is 0 Å². The average molecular weight is 297 g/mol. The molecule has 1 N–H and O–H groups in total. The van der Waals surface area contributed by atoms with Crippen LogP contribution in [0.2, 0.25) is 0 Å². The van der Waals surface area contributed by atoms with E-state index in [-0.39, 0.29) is 12.4 Å². The van der Waals surface area contributed by atoms with E-state index in [9.17, 15) is 13.2 Å². The highest BCUT2D eigenvalue weighted by Crippen LogP contribution is 2.29. The minimum Gasteiger partial charge on any atom is -0.465 e. The molecule has 0 spiro atoms. The first-order chi connectivity index (χ1) is 8.16. The molecule has 0 aromatic rings. The quantitative estimate of drug-likeness (QED) is 0.325. The highest BCUT2D eigenvalue weighted by atomic mass is 32.2. The van der Waals surface area contributed by atoms with Gasteiger partial charge in [-0.3, -0.25) is 4.79 Å². The van der Waals surface area contributed by atoms with E-state index < -0.39 is 25.8 Å². The maximum absolute atomic E-state index is 11.7. The van der Waals surface area contributed by atoms with Gasteiger partial charge in [0.15, 0.2) is 9.84 Å². The Hall–Kier alpha value is -0.760. The van der Waals surface area contributed by atoms with Crippen molar-refractivity contribution in [2.75, 3.05) is 18.6 Å². The summed E-state index contributed by atoms with van der Waals surface area (Å²) < 4.78 is 26.9. The maximum Gasteiger partial charge on any atom is 0.315 e. The molecule has 0 heterocycles. The molecule has 106 valence electrons. The van der Waals surface area contributed by atoms with E-state index in [1.807, 2.05) is 0 Å². The van der Waals surface area contributed by atoms with Crippen molar-refractivity contribution < 1.29 is 23.2 Å². The van der Waals surface area contributed by atoms with Gasteiger partial charge < -0.3 is 9.94 Å². The number of oxime groups is 1. The largest absolute Gasteiger partial charge is 0.465 e. The molecule has 0 aromatic carbocycles. The zero-order valence-corrected chi connectivity index (χ0v) is 12.5. The van der Waals surface area contributed by atoms with Gasteiger partial charge in [-0.15, -0.1) is 16.9 Å². The fourth-order valence-electron chi connectivity index (χ4n) is 1.06. The lowest BCUT2D eigenvalue weighted by molar-refractivity contribution is -0.139. The van der Waals surface area contributed by atoms with Crippen LogP contribution in [0, 0.1) is 0 Å². The van der Waals surface area contributed by atoms with Crippen molar-refractivity contribution in [3.8, 4) is 0 Å². The van der Waals surface area contributed by atoms with Crippen molar-refractivity contribution in [1.82, 2.24) is 0 Å². The summed E-state index contributed by atoms with van der Waals surface area (Å²) in [5.41, 5.74) is 0. The van der Waals surface area contributed by atoms with E-state index >= 15 is 0 Å². The molecule has 0 fully saturated rings. The molecule has 0 amide bonds. The van der Waals surface area contributed by atoms with Crippen LogP contribution < -0.4 is 0 Å². The number of sulfone groups is 1. The van der Waals surface area contributed by atoms with Crippen LogP contribution in [0.15, 0.2) is 5.16 Å². The summed E-state index contributed by atoms with van der Waals surface area (Å²) in [5.74, 6) is -0.424. The van der Waals surface area contributed by atoms with Gasteiger partial charge in [-0.05, 0) is 20.8 Å². The molecule has 0 saturated carbocycles.